The molecule has 21 heavy (non-hydrogen) atoms. The van der Waals surface area contributed by atoms with E-state index in [1.165, 1.54) is 11.3 Å². The van der Waals surface area contributed by atoms with Gasteiger partial charge in [-0.3, -0.25) is 9.78 Å². The number of hydrogen-bond acceptors (Lipinski definition) is 5. The number of thiazole rings is 1. The van der Waals surface area contributed by atoms with E-state index in [1.54, 1.807) is 13.1 Å². The van der Waals surface area contributed by atoms with Crippen LogP contribution in [0.25, 0.3) is 10.9 Å². The summed E-state index contributed by atoms with van der Waals surface area (Å²) in [6, 6.07) is 7.63. The molecule has 0 bridgehead atoms. The Labute approximate surface area is 125 Å². The number of fused-ring (bicyclic) bond motifs is 1. The van der Waals surface area contributed by atoms with Crippen LogP contribution in [-0.4, -0.2) is 15.9 Å². The van der Waals surface area contributed by atoms with E-state index in [2.05, 4.69) is 15.3 Å². The Balaban J connectivity index is 2.01. The molecule has 0 radical (unpaired) electrons. The van der Waals surface area contributed by atoms with Crippen LogP contribution in [0, 0.1) is 13.8 Å². The highest BCUT2D eigenvalue weighted by Crippen LogP contribution is 2.26. The van der Waals surface area contributed by atoms with Gasteiger partial charge in [0, 0.05) is 11.6 Å². The van der Waals surface area contributed by atoms with E-state index in [1.807, 2.05) is 31.2 Å². The van der Waals surface area contributed by atoms with Crippen LogP contribution < -0.4 is 11.1 Å². The number of rotatable bonds is 2. The van der Waals surface area contributed by atoms with Crippen LogP contribution in [0.2, 0.25) is 0 Å². The molecule has 0 spiro atoms. The fourth-order valence-corrected chi connectivity index (χ4v) is 2.96. The van der Waals surface area contributed by atoms with Crippen molar-refractivity contribution in [1.29, 1.82) is 0 Å². The number of hydrogen-bond donors (Lipinski definition) is 2. The van der Waals surface area contributed by atoms with Crippen molar-refractivity contribution in [2.45, 2.75) is 13.8 Å². The summed E-state index contributed by atoms with van der Waals surface area (Å²) >= 11 is 1.19. The number of nitrogens with two attached hydrogens (primary N) is 1. The monoisotopic (exact) mass is 298 g/mol. The molecule has 2 heterocycles. The lowest BCUT2D eigenvalue weighted by Crippen LogP contribution is -2.12. The van der Waals surface area contributed by atoms with E-state index in [4.69, 9.17) is 5.73 Å². The van der Waals surface area contributed by atoms with Gasteiger partial charge in [0.05, 0.1) is 16.9 Å². The number of nitrogens with zero attached hydrogens (tertiary/aromatic N) is 2. The van der Waals surface area contributed by atoms with E-state index in [0.29, 0.717) is 15.7 Å². The van der Waals surface area contributed by atoms with Gasteiger partial charge in [-0.25, -0.2) is 4.98 Å². The summed E-state index contributed by atoms with van der Waals surface area (Å²) in [7, 11) is 0. The minimum absolute atomic E-state index is 0.198. The van der Waals surface area contributed by atoms with Gasteiger partial charge in [-0.15, -0.1) is 0 Å². The van der Waals surface area contributed by atoms with Gasteiger partial charge in [0.1, 0.15) is 4.88 Å². The Morgan fingerprint density at radius 1 is 1.29 bits per heavy atom. The first-order chi connectivity index (χ1) is 10.1. The lowest BCUT2D eigenvalue weighted by Gasteiger charge is -2.09. The maximum Gasteiger partial charge on any atom is 0.267 e. The lowest BCUT2D eigenvalue weighted by molar-refractivity contribution is 0.103. The quantitative estimate of drug-likeness (QED) is 0.761. The second kappa shape index (κ2) is 5.14. The van der Waals surface area contributed by atoms with Gasteiger partial charge in [-0.05, 0) is 37.6 Å². The number of nitrogen functional groups attached to an aromatic ring is 1. The summed E-state index contributed by atoms with van der Waals surface area (Å²) < 4.78 is 0. The topological polar surface area (TPSA) is 80.9 Å². The zero-order valence-corrected chi connectivity index (χ0v) is 12.5. The first kappa shape index (κ1) is 13.5. The summed E-state index contributed by atoms with van der Waals surface area (Å²) in [4.78, 5) is 21.3. The molecule has 0 aliphatic heterocycles. The first-order valence-corrected chi connectivity index (χ1v) is 7.26. The fourth-order valence-electron chi connectivity index (χ4n) is 2.23. The molecule has 5 nitrogen and oxygen atoms in total. The molecule has 1 aromatic carbocycles. The number of anilines is 2. The maximum absolute atomic E-state index is 12.4. The molecule has 0 saturated carbocycles. The number of carbonyl (C=O) groups excluding carboxylic acids is 1. The van der Waals surface area contributed by atoms with Crippen molar-refractivity contribution in [3.8, 4) is 0 Å². The van der Waals surface area contributed by atoms with Gasteiger partial charge in [0.2, 0.25) is 0 Å². The minimum Gasteiger partial charge on any atom is -0.375 e. The molecule has 0 atom stereocenters. The van der Waals surface area contributed by atoms with Gasteiger partial charge < -0.3 is 11.1 Å². The van der Waals surface area contributed by atoms with Crippen molar-refractivity contribution in [2.24, 2.45) is 0 Å². The largest absolute Gasteiger partial charge is 0.375 e. The summed E-state index contributed by atoms with van der Waals surface area (Å²) in [6.07, 6.45) is 1.75. The molecule has 3 aromatic rings. The maximum atomic E-state index is 12.4. The number of amides is 1. The number of aryl methyl sites for hydroxylation is 2. The standard InChI is InChI=1S/C15H14N4OS/c1-8-5-6-11(10-4-3-7-17-12(8)10)19-14(20)13-9(2)18-15(16)21-13/h3-7H,1-2H3,(H2,16,18)(H,19,20). The van der Waals surface area contributed by atoms with Gasteiger partial charge in [0.25, 0.3) is 5.91 Å². The van der Waals surface area contributed by atoms with Gasteiger partial charge in [-0.2, -0.15) is 0 Å². The average Bonchev–Trinajstić information content (AvgIpc) is 2.81. The van der Waals surface area contributed by atoms with E-state index in [-0.39, 0.29) is 5.91 Å². The van der Waals surface area contributed by atoms with Crippen LogP contribution >= 0.6 is 11.3 Å². The molecule has 2 aromatic heterocycles. The van der Waals surface area contributed by atoms with Crippen LogP contribution in [0.4, 0.5) is 10.8 Å². The SMILES string of the molecule is Cc1nc(N)sc1C(=O)Nc1ccc(C)c2ncccc12. The highest BCUT2D eigenvalue weighted by molar-refractivity contribution is 7.17. The van der Waals surface area contributed by atoms with E-state index < -0.39 is 0 Å². The minimum atomic E-state index is -0.198. The molecule has 0 aliphatic rings. The van der Waals surface area contributed by atoms with Crippen LogP contribution in [0.1, 0.15) is 20.9 Å². The van der Waals surface area contributed by atoms with Crippen molar-refractivity contribution in [3.05, 3.63) is 46.6 Å². The predicted octanol–water partition coefficient (Wildman–Crippen LogP) is 3.14. The molecule has 3 rings (SSSR count). The molecule has 0 fully saturated rings. The number of pyridine rings is 1. The van der Waals surface area contributed by atoms with E-state index in [0.717, 1.165) is 22.2 Å². The Morgan fingerprint density at radius 3 is 2.81 bits per heavy atom. The van der Waals surface area contributed by atoms with Crippen LogP contribution in [0.15, 0.2) is 30.5 Å². The van der Waals surface area contributed by atoms with Crippen molar-refractivity contribution < 1.29 is 4.79 Å². The third-order valence-electron chi connectivity index (χ3n) is 3.24. The van der Waals surface area contributed by atoms with Crippen molar-refractivity contribution >= 4 is 39.0 Å². The lowest BCUT2D eigenvalue weighted by atomic mass is 10.1. The Bertz CT molecular complexity index is 841. The number of nitrogens with one attached hydrogen (secondary N) is 1. The first-order valence-electron chi connectivity index (χ1n) is 6.45. The smallest absolute Gasteiger partial charge is 0.267 e. The molecule has 1 amide bonds. The third kappa shape index (κ3) is 2.45. The molecule has 0 aliphatic carbocycles. The Hall–Kier alpha value is -2.47. The van der Waals surface area contributed by atoms with Crippen molar-refractivity contribution in [2.75, 3.05) is 11.1 Å². The Kier molecular flexibility index (Phi) is 3.31. The van der Waals surface area contributed by atoms with E-state index in [9.17, 15) is 4.79 Å². The summed E-state index contributed by atoms with van der Waals surface area (Å²) in [5.74, 6) is -0.198. The molecule has 3 N–H and O–H groups in total. The number of benzene rings is 1. The highest BCUT2D eigenvalue weighted by Gasteiger charge is 2.15. The normalized spacial score (nSPS) is 10.8. The number of aromatic nitrogens is 2. The van der Waals surface area contributed by atoms with Crippen LogP contribution in [0.3, 0.4) is 0 Å². The summed E-state index contributed by atoms with van der Waals surface area (Å²) in [6.45, 7) is 3.77. The molecule has 0 saturated heterocycles. The second-order valence-corrected chi connectivity index (χ2v) is 5.78. The number of carbonyl (C=O) groups is 1. The highest BCUT2D eigenvalue weighted by atomic mass is 32.1. The molecular weight excluding hydrogens is 284 g/mol. The Morgan fingerprint density at radius 2 is 2.10 bits per heavy atom. The zero-order valence-electron chi connectivity index (χ0n) is 11.7. The molecule has 6 heteroatoms. The predicted molar refractivity (Wildman–Crippen MR) is 85.7 cm³/mol. The zero-order chi connectivity index (χ0) is 15.0. The third-order valence-corrected chi connectivity index (χ3v) is 4.22. The van der Waals surface area contributed by atoms with Gasteiger partial charge in [0.15, 0.2) is 5.13 Å². The van der Waals surface area contributed by atoms with Crippen molar-refractivity contribution in [1.82, 2.24) is 9.97 Å². The van der Waals surface area contributed by atoms with Gasteiger partial charge >= 0.3 is 0 Å². The van der Waals surface area contributed by atoms with Crippen LogP contribution in [0.5, 0.6) is 0 Å². The summed E-state index contributed by atoms with van der Waals surface area (Å²) in [5, 5.41) is 4.23. The fraction of sp³-hybridized carbons (Fsp3) is 0.133. The van der Waals surface area contributed by atoms with Gasteiger partial charge in [-0.1, -0.05) is 17.4 Å². The molecular formula is C15H14N4OS. The second-order valence-electron chi connectivity index (χ2n) is 4.75. The summed E-state index contributed by atoms with van der Waals surface area (Å²) in [5.41, 5.74) is 8.97. The van der Waals surface area contributed by atoms with Crippen molar-refractivity contribution in [3.63, 3.8) is 0 Å². The molecule has 106 valence electrons. The van der Waals surface area contributed by atoms with Crippen LogP contribution in [-0.2, 0) is 0 Å². The molecule has 0 unspecified atom stereocenters. The van der Waals surface area contributed by atoms with E-state index >= 15 is 0 Å². The average molecular weight is 298 g/mol.